The van der Waals surface area contributed by atoms with Crippen LogP contribution in [0.2, 0.25) is 0 Å². The van der Waals surface area contributed by atoms with Crippen LogP contribution in [0.15, 0.2) is 22.8 Å². The molecule has 0 saturated carbocycles. The monoisotopic (exact) mass is 237 g/mol. The number of halogens is 1. The fourth-order valence-electron chi connectivity index (χ4n) is 1.81. The Balaban J connectivity index is 2.88. The molecule has 2 rings (SSSR count). The minimum absolute atomic E-state index is 1.06. The summed E-state index contributed by atoms with van der Waals surface area (Å²) in [5.41, 5.74) is 3.95. The van der Waals surface area contributed by atoms with E-state index in [9.17, 15) is 0 Å². The van der Waals surface area contributed by atoms with E-state index in [1.165, 1.54) is 22.0 Å². The number of hydrogen-bond donors (Lipinski definition) is 1. The van der Waals surface area contributed by atoms with Gasteiger partial charge in [-0.1, -0.05) is 19.1 Å². The molecule has 0 unspecified atom stereocenters. The maximum absolute atomic E-state index is 3.55. The van der Waals surface area contributed by atoms with Crippen molar-refractivity contribution < 1.29 is 0 Å². The first-order valence-electron chi connectivity index (χ1n) is 4.49. The average Bonchev–Trinajstić information content (AvgIpc) is 2.42. The predicted molar refractivity (Wildman–Crippen MR) is 60.1 cm³/mol. The number of aromatic nitrogens is 1. The molecule has 0 aliphatic rings. The zero-order valence-electron chi connectivity index (χ0n) is 7.82. The summed E-state index contributed by atoms with van der Waals surface area (Å²) < 4.78 is 1.12. The van der Waals surface area contributed by atoms with Crippen molar-refractivity contribution in [1.82, 2.24) is 4.98 Å². The molecule has 0 aliphatic heterocycles. The molecule has 0 spiro atoms. The second kappa shape index (κ2) is 3.18. The molecule has 0 aliphatic carbocycles. The number of H-pyrrole nitrogens is 1. The Morgan fingerprint density at radius 1 is 1.38 bits per heavy atom. The van der Waals surface area contributed by atoms with Crippen LogP contribution >= 0.6 is 15.9 Å². The van der Waals surface area contributed by atoms with Gasteiger partial charge in [0.1, 0.15) is 0 Å². The maximum atomic E-state index is 3.55. The Kier molecular flexibility index (Phi) is 2.16. The third-order valence-electron chi connectivity index (χ3n) is 2.44. The van der Waals surface area contributed by atoms with Crippen molar-refractivity contribution in [3.8, 4) is 0 Å². The predicted octanol–water partition coefficient (Wildman–Crippen LogP) is 3.80. The molecule has 1 nitrogen and oxygen atoms in total. The molecule has 1 N–H and O–H groups in total. The van der Waals surface area contributed by atoms with Gasteiger partial charge in [0.05, 0.1) is 4.60 Å². The number of aryl methyl sites for hydroxylation is 2. The molecule has 0 saturated heterocycles. The van der Waals surface area contributed by atoms with Crippen LogP contribution in [-0.2, 0) is 6.42 Å². The summed E-state index contributed by atoms with van der Waals surface area (Å²) in [6.07, 6.45) is 1.06. The first-order valence-corrected chi connectivity index (χ1v) is 5.29. The third-order valence-corrected chi connectivity index (χ3v) is 3.11. The first-order chi connectivity index (χ1) is 6.24. The number of aromatic amines is 1. The normalized spacial score (nSPS) is 11.0. The first kappa shape index (κ1) is 8.82. The highest BCUT2D eigenvalue weighted by molar-refractivity contribution is 9.10. The molecular weight excluding hydrogens is 226 g/mol. The zero-order valence-corrected chi connectivity index (χ0v) is 9.40. The van der Waals surface area contributed by atoms with Gasteiger partial charge in [-0.05, 0) is 46.5 Å². The second-order valence-corrected chi connectivity index (χ2v) is 4.06. The van der Waals surface area contributed by atoms with Gasteiger partial charge in [-0.2, -0.15) is 0 Å². The van der Waals surface area contributed by atoms with Crippen molar-refractivity contribution in [3.05, 3.63) is 33.9 Å². The number of rotatable bonds is 1. The summed E-state index contributed by atoms with van der Waals surface area (Å²) in [6.45, 7) is 4.33. The molecule has 0 amide bonds. The zero-order chi connectivity index (χ0) is 9.42. The lowest BCUT2D eigenvalue weighted by molar-refractivity contribution is 1.13. The quantitative estimate of drug-likeness (QED) is 0.777. The lowest BCUT2D eigenvalue weighted by atomic mass is 10.1. The molecule has 0 atom stereocenters. The second-order valence-electron chi connectivity index (χ2n) is 3.27. The van der Waals surface area contributed by atoms with Gasteiger partial charge in [0.25, 0.3) is 0 Å². The van der Waals surface area contributed by atoms with E-state index < -0.39 is 0 Å². The van der Waals surface area contributed by atoms with E-state index in [0.717, 1.165) is 11.0 Å². The van der Waals surface area contributed by atoms with E-state index in [4.69, 9.17) is 0 Å². The standard InChI is InChI=1S/C11H12BrN/c1-3-8-10-7(2)5-4-6-9(10)13-11(8)12/h4-6,13H,3H2,1-2H3. The fourth-order valence-corrected chi connectivity index (χ4v) is 2.50. The lowest BCUT2D eigenvalue weighted by Crippen LogP contribution is -1.80. The van der Waals surface area contributed by atoms with E-state index in [0.29, 0.717) is 0 Å². The third kappa shape index (κ3) is 1.29. The lowest BCUT2D eigenvalue weighted by Gasteiger charge is -1.98. The van der Waals surface area contributed by atoms with E-state index in [2.05, 4.69) is 53.0 Å². The number of benzene rings is 1. The Labute approximate surface area is 86.3 Å². The van der Waals surface area contributed by atoms with Gasteiger partial charge in [0.2, 0.25) is 0 Å². The summed E-state index contributed by atoms with van der Waals surface area (Å²) in [6, 6.07) is 6.36. The average molecular weight is 238 g/mol. The molecule has 1 aromatic heterocycles. The SMILES string of the molecule is CCc1c(Br)[nH]c2cccc(C)c12. The maximum Gasteiger partial charge on any atom is 0.0863 e. The highest BCUT2D eigenvalue weighted by atomic mass is 79.9. The van der Waals surface area contributed by atoms with Crippen LogP contribution in [0.1, 0.15) is 18.1 Å². The van der Waals surface area contributed by atoms with Gasteiger partial charge in [-0.3, -0.25) is 0 Å². The Morgan fingerprint density at radius 3 is 2.85 bits per heavy atom. The molecule has 68 valence electrons. The van der Waals surface area contributed by atoms with E-state index in [1.807, 2.05) is 0 Å². The summed E-state index contributed by atoms with van der Waals surface area (Å²) in [7, 11) is 0. The van der Waals surface area contributed by atoms with E-state index in [-0.39, 0.29) is 0 Å². The van der Waals surface area contributed by atoms with Crippen molar-refractivity contribution in [2.45, 2.75) is 20.3 Å². The smallest absolute Gasteiger partial charge is 0.0863 e. The minimum atomic E-state index is 1.06. The van der Waals surface area contributed by atoms with Crippen LogP contribution in [0.25, 0.3) is 10.9 Å². The summed E-state index contributed by atoms with van der Waals surface area (Å²) in [4.78, 5) is 3.34. The Morgan fingerprint density at radius 2 is 2.15 bits per heavy atom. The van der Waals surface area contributed by atoms with Crippen LogP contribution in [0.5, 0.6) is 0 Å². The van der Waals surface area contributed by atoms with Crippen LogP contribution in [0.3, 0.4) is 0 Å². The van der Waals surface area contributed by atoms with Crippen LogP contribution in [0.4, 0.5) is 0 Å². The van der Waals surface area contributed by atoms with Crippen molar-refractivity contribution in [2.24, 2.45) is 0 Å². The molecule has 0 bridgehead atoms. The topological polar surface area (TPSA) is 15.8 Å². The van der Waals surface area contributed by atoms with E-state index >= 15 is 0 Å². The molecule has 2 aromatic rings. The Hall–Kier alpha value is -0.760. The van der Waals surface area contributed by atoms with Gasteiger partial charge in [-0.25, -0.2) is 0 Å². The number of fused-ring (bicyclic) bond motifs is 1. The molecule has 2 heteroatoms. The molecule has 0 fully saturated rings. The minimum Gasteiger partial charge on any atom is -0.349 e. The summed E-state index contributed by atoms with van der Waals surface area (Å²) in [5.74, 6) is 0. The van der Waals surface area contributed by atoms with Gasteiger partial charge in [-0.15, -0.1) is 0 Å². The van der Waals surface area contributed by atoms with Gasteiger partial charge >= 0.3 is 0 Å². The number of nitrogens with one attached hydrogen (secondary N) is 1. The summed E-state index contributed by atoms with van der Waals surface area (Å²) in [5, 5.41) is 1.37. The van der Waals surface area contributed by atoms with Gasteiger partial charge in [0, 0.05) is 10.9 Å². The number of hydrogen-bond acceptors (Lipinski definition) is 0. The molecule has 0 radical (unpaired) electrons. The molecule has 13 heavy (non-hydrogen) atoms. The van der Waals surface area contributed by atoms with Crippen molar-refractivity contribution in [1.29, 1.82) is 0 Å². The summed E-state index contributed by atoms with van der Waals surface area (Å²) >= 11 is 3.55. The van der Waals surface area contributed by atoms with Crippen LogP contribution < -0.4 is 0 Å². The van der Waals surface area contributed by atoms with E-state index in [1.54, 1.807) is 0 Å². The Bertz CT molecular complexity index is 443. The van der Waals surface area contributed by atoms with Crippen LogP contribution in [0, 0.1) is 6.92 Å². The van der Waals surface area contributed by atoms with Crippen LogP contribution in [-0.4, -0.2) is 4.98 Å². The molecule has 1 aromatic carbocycles. The highest BCUT2D eigenvalue weighted by Crippen LogP contribution is 2.29. The molecular formula is C11H12BrN. The van der Waals surface area contributed by atoms with Gasteiger partial charge < -0.3 is 4.98 Å². The van der Waals surface area contributed by atoms with Crippen molar-refractivity contribution in [2.75, 3.05) is 0 Å². The van der Waals surface area contributed by atoms with Gasteiger partial charge in [0.15, 0.2) is 0 Å². The largest absolute Gasteiger partial charge is 0.349 e. The van der Waals surface area contributed by atoms with Crippen molar-refractivity contribution >= 4 is 26.8 Å². The highest BCUT2D eigenvalue weighted by Gasteiger charge is 2.08. The fraction of sp³-hybridized carbons (Fsp3) is 0.273. The van der Waals surface area contributed by atoms with Crippen molar-refractivity contribution in [3.63, 3.8) is 0 Å². The molecule has 1 heterocycles.